The predicted octanol–water partition coefficient (Wildman–Crippen LogP) is 3.32. The summed E-state index contributed by atoms with van der Waals surface area (Å²) in [5.74, 6) is 0. The minimum absolute atomic E-state index is 0.0100. The molecular formula is C15H22BrN3O. The van der Waals surface area contributed by atoms with E-state index in [9.17, 15) is 4.79 Å². The quantitative estimate of drug-likeness (QED) is 0.897. The fraction of sp³-hybridized carbons (Fsp3) is 0.533. The molecule has 2 rings (SSSR count). The van der Waals surface area contributed by atoms with Gasteiger partial charge in [0.2, 0.25) is 0 Å². The summed E-state index contributed by atoms with van der Waals surface area (Å²) in [6.45, 7) is 9.89. The smallest absolute Gasteiger partial charge is 0.321 e. The van der Waals surface area contributed by atoms with E-state index in [0.29, 0.717) is 6.04 Å². The number of carbonyl (C=O) groups excluding carboxylic acids is 1. The van der Waals surface area contributed by atoms with Crippen LogP contribution in [0.5, 0.6) is 0 Å². The van der Waals surface area contributed by atoms with Crippen LogP contribution in [0.2, 0.25) is 0 Å². The third kappa shape index (κ3) is 3.73. The monoisotopic (exact) mass is 339 g/mol. The standard InChI is InChI=1S/C15H22BrN3O/c1-11(2)18-6-8-19(9-7-18)15(20)17-13-5-4-12(3)14(16)10-13/h4-5,10-11H,6-9H2,1-3H3,(H,17,20). The van der Waals surface area contributed by atoms with E-state index < -0.39 is 0 Å². The van der Waals surface area contributed by atoms with Gasteiger partial charge < -0.3 is 10.2 Å². The van der Waals surface area contributed by atoms with E-state index in [4.69, 9.17) is 0 Å². The SMILES string of the molecule is Cc1ccc(NC(=O)N2CCN(C(C)C)CC2)cc1Br. The van der Waals surface area contributed by atoms with Crippen molar-refractivity contribution in [3.8, 4) is 0 Å². The van der Waals surface area contributed by atoms with Gasteiger partial charge in [0.05, 0.1) is 0 Å². The maximum atomic E-state index is 12.2. The average Bonchev–Trinajstić information content (AvgIpc) is 2.43. The molecule has 0 bridgehead atoms. The topological polar surface area (TPSA) is 35.6 Å². The summed E-state index contributed by atoms with van der Waals surface area (Å²) in [6, 6.07) is 6.41. The summed E-state index contributed by atoms with van der Waals surface area (Å²) >= 11 is 3.48. The van der Waals surface area contributed by atoms with Gasteiger partial charge in [0.15, 0.2) is 0 Å². The van der Waals surface area contributed by atoms with Crippen LogP contribution in [0.4, 0.5) is 10.5 Å². The molecular weight excluding hydrogens is 318 g/mol. The normalized spacial score (nSPS) is 16.6. The van der Waals surface area contributed by atoms with Crippen LogP contribution in [-0.2, 0) is 0 Å². The zero-order valence-corrected chi connectivity index (χ0v) is 13.9. The Kier molecular flexibility index (Phi) is 5.05. The van der Waals surface area contributed by atoms with Gasteiger partial charge in [-0.15, -0.1) is 0 Å². The molecule has 4 nitrogen and oxygen atoms in total. The van der Waals surface area contributed by atoms with Gasteiger partial charge in [0, 0.05) is 42.4 Å². The number of hydrogen-bond acceptors (Lipinski definition) is 2. The highest BCUT2D eigenvalue weighted by molar-refractivity contribution is 9.10. The molecule has 0 aromatic heterocycles. The molecule has 1 aromatic rings. The Morgan fingerprint density at radius 3 is 2.45 bits per heavy atom. The molecule has 1 aliphatic heterocycles. The molecule has 1 fully saturated rings. The summed E-state index contributed by atoms with van der Waals surface area (Å²) < 4.78 is 1.01. The molecule has 1 saturated heterocycles. The van der Waals surface area contributed by atoms with Crippen LogP contribution in [0.1, 0.15) is 19.4 Å². The lowest BCUT2D eigenvalue weighted by molar-refractivity contribution is 0.125. The number of aryl methyl sites for hydroxylation is 1. The van der Waals surface area contributed by atoms with Crippen molar-refractivity contribution in [1.29, 1.82) is 0 Å². The molecule has 0 spiro atoms. The summed E-state index contributed by atoms with van der Waals surface area (Å²) in [7, 11) is 0. The van der Waals surface area contributed by atoms with Crippen molar-refractivity contribution in [3.05, 3.63) is 28.2 Å². The fourth-order valence-electron chi connectivity index (χ4n) is 2.31. The lowest BCUT2D eigenvalue weighted by atomic mass is 10.2. The minimum atomic E-state index is -0.0100. The van der Waals surface area contributed by atoms with Gasteiger partial charge in [-0.1, -0.05) is 22.0 Å². The van der Waals surface area contributed by atoms with Crippen molar-refractivity contribution >= 4 is 27.6 Å². The number of rotatable bonds is 2. The third-order valence-corrected chi connectivity index (χ3v) is 4.61. The first-order valence-corrected chi connectivity index (χ1v) is 7.83. The molecule has 0 radical (unpaired) electrons. The van der Waals surface area contributed by atoms with Gasteiger partial charge in [-0.25, -0.2) is 4.79 Å². The highest BCUT2D eigenvalue weighted by Crippen LogP contribution is 2.21. The van der Waals surface area contributed by atoms with Gasteiger partial charge in [-0.05, 0) is 38.5 Å². The van der Waals surface area contributed by atoms with Gasteiger partial charge in [-0.2, -0.15) is 0 Å². The van der Waals surface area contributed by atoms with Crippen LogP contribution in [0.3, 0.4) is 0 Å². The van der Waals surface area contributed by atoms with Crippen LogP contribution < -0.4 is 5.32 Å². The molecule has 0 aliphatic carbocycles. The number of piperazine rings is 1. The third-order valence-electron chi connectivity index (χ3n) is 3.75. The average molecular weight is 340 g/mol. The van der Waals surface area contributed by atoms with Gasteiger partial charge in [-0.3, -0.25) is 4.90 Å². The Hall–Kier alpha value is -1.07. The van der Waals surface area contributed by atoms with E-state index >= 15 is 0 Å². The zero-order chi connectivity index (χ0) is 14.7. The van der Waals surface area contributed by atoms with Crippen molar-refractivity contribution in [1.82, 2.24) is 9.80 Å². The molecule has 1 heterocycles. The fourth-order valence-corrected chi connectivity index (χ4v) is 2.69. The number of benzene rings is 1. The Balaban J connectivity index is 1.91. The van der Waals surface area contributed by atoms with E-state index in [-0.39, 0.29) is 6.03 Å². The Morgan fingerprint density at radius 1 is 1.25 bits per heavy atom. The number of hydrogen-bond donors (Lipinski definition) is 1. The van der Waals surface area contributed by atoms with E-state index in [1.54, 1.807) is 0 Å². The number of halogens is 1. The second-order valence-corrected chi connectivity index (χ2v) is 6.37. The predicted molar refractivity (Wildman–Crippen MR) is 86.2 cm³/mol. The molecule has 1 aliphatic rings. The molecule has 110 valence electrons. The van der Waals surface area contributed by atoms with Crippen LogP contribution in [0.25, 0.3) is 0 Å². The van der Waals surface area contributed by atoms with Crippen molar-refractivity contribution < 1.29 is 4.79 Å². The lowest BCUT2D eigenvalue weighted by Crippen LogP contribution is -2.51. The maximum absolute atomic E-state index is 12.2. The first-order valence-electron chi connectivity index (χ1n) is 7.03. The second-order valence-electron chi connectivity index (χ2n) is 5.51. The second kappa shape index (κ2) is 6.59. The van der Waals surface area contributed by atoms with Crippen LogP contribution in [0.15, 0.2) is 22.7 Å². The Morgan fingerprint density at radius 2 is 1.90 bits per heavy atom. The van der Waals surface area contributed by atoms with Gasteiger partial charge >= 0.3 is 6.03 Å². The Bertz CT molecular complexity index is 482. The molecule has 2 amide bonds. The van der Waals surface area contributed by atoms with Crippen LogP contribution in [-0.4, -0.2) is 48.1 Å². The largest absolute Gasteiger partial charge is 0.322 e. The first kappa shape index (κ1) is 15.3. The highest BCUT2D eigenvalue weighted by Gasteiger charge is 2.22. The molecule has 1 aromatic carbocycles. The first-order chi connectivity index (χ1) is 9.47. The van der Waals surface area contributed by atoms with E-state index in [0.717, 1.165) is 41.9 Å². The van der Waals surface area contributed by atoms with Gasteiger partial charge in [0.1, 0.15) is 0 Å². The molecule has 20 heavy (non-hydrogen) atoms. The van der Waals surface area contributed by atoms with Crippen molar-refractivity contribution in [2.45, 2.75) is 26.8 Å². The van der Waals surface area contributed by atoms with Crippen molar-refractivity contribution in [2.75, 3.05) is 31.5 Å². The number of carbonyl (C=O) groups is 1. The number of urea groups is 1. The minimum Gasteiger partial charge on any atom is -0.322 e. The molecule has 1 N–H and O–H groups in total. The van der Waals surface area contributed by atoms with E-state index in [1.165, 1.54) is 0 Å². The van der Waals surface area contributed by atoms with E-state index in [2.05, 4.69) is 40.0 Å². The molecule has 0 unspecified atom stereocenters. The van der Waals surface area contributed by atoms with Crippen molar-refractivity contribution in [3.63, 3.8) is 0 Å². The maximum Gasteiger partial charge on any atom is 0.321 e. The van der Waals surface area contributed by atoms with Gasteiger partial charge in [0.25, 0.3) is 0 Å². The van der Waals surface area contributed by atoms with Crippen LogP contribution >= 0.6 is 15.9 Å². The summed E-state index contributed by atoms with van der Waals surface area (Å²) in [4.78, 5) is 16.5. The summed E-state index contributed by atoms with van der Waals surface area (Å²) in [5.41, 5.74) is 1.99. The number of nitrogens with zero attached hydrogens (tertiary/aromatic N) is 2. The number of anilines is 1. The van der Waals surface area contributed by atoms with E-state index in [1.807, 2.05) is 30.0 Å². The molecule has 0 saturated carbocycles. The zero-order valence-electron chi connectivity index (χ0n) is 12.3. The summed E-state index contributed by atoms with van der Waals surface area (Å²) in [5, 5.41) is 2.96. The molecule has 5 heteroatoms. The summed E-state index contributed by atoms with van der Waals surface area (Å²) in [6.07, 6.45) is 0. The molecule has 0 atom stereocenters. The van der Waals surface area contributed by atoms with Crippen LogP contribution in [0, 0.1) is 6.92 Å². The Labute approximate surface area is 129 Å². The van der Waals surface area contributed by atoms with Crippen molar-refractivity contribution in [2.24, 2.45) is 0 Å². The number of nitrogens with one attached hydrogen (secondary N) is 1. The number of amides is 2. The highest BCUT2D eigenvalue weighted by atomic mass is 79.9. The lowest BCUT2D eigenvalue weighted by Gasteiger charge is -2.36.